The molecule has 0 unspecified atom stereocenters. The quantitative estimate of drug-likeness (QED) is 0.315. The maximum absolute atomic E-state index is 5.86. The van der Waals surface area contributed by atoms with Crippen LogP contribution in [-0.4, -0.2) is 14.2 Å². The third kappa shape index (κ3) is 3.39. The van der Waals surface area contributed by atoms with Gasteiger partial charge in [-0.05, 0) is 22.9 Å². The normalized spacial score (nSPS) is 10.6. The smallest absolute Gasteiger partial charge is 0.141 e. The van der Waals surface area contributed by atoms with Gasteiger partial charge in [0.2, 0.25) is 0 Å². The van der Waals surface area contributed by atoms with E-state index in [-0.39, 0.29) is 0 Å². The van der Waals surface area contributed by atoms with E-state index in [1.54, 1.807) is 20.5 Å². The van der Waals surface area contributed by atoms with Crippen molar-refractivity contribution >= 4 is 21.7 Å². The van der Waals surface area contributed by atoms with E-state index in [2.05, 4.69) is 42.2 Å². The summed E-state index contributed by atoms with van der Waals surface area (Å²) in [5, 5.41) is 3.24. The minimum absolute atomic E-state index is 0.689. The minimum Gasteiger partial charge on any atom is -0.496 e. The molecule has 0 radical (unpaired) electrons. The number of rotatable bonds is 3. The van der Waals surface area contributed by atoms with Gasteiger partial charge in [0.25, 0.3) is 0 Å². The molecule has 5 rings (SSSR count). The minimum atomic E-state index is 0.689. The van der Waals surface area contributed by atoms with Crippen LogP contribution in [0.15, 0.2) is 89.5 Å². The summed E-state index contributed by atoms with van der Waals surface area (Å²) in [5.41, 5.74) is 4.58. The summed E-state index contributed by atoms with van der Waals surface area (Å²) in [7, 11) is 3.28. The fourth-order valence-corrected chi connectivity index (χ4v) is 3.88. The standard InChI is InChI=1S/C28H20O3/c1-29-22-16-26(30-2)28-25(18-31-27(28)17-22)24-13-6-4-9-21(24)15-14-20-11-7-10-19-8-3-5-12-23(19)20/h3-13,16-18H,1-2H3. The fraction of sp³-hybridized carbons (Fsp3) is 0.0714. The third-order valence-electron chi connectivity index (χ3n) is 5.41. The molecular weight excluding hydrogens is 384 g/mol. The van der Waals surface area contributed by atoms with Crippen LogP contribution in [-0.2, 0) is 0 Å². The summed E-state index contributed by atoms with van der Waals surface area (Å²) >= 11 is 0. The second kappa shape index (κ2) is 7.93. The molecule has 1 heterocycles. The van der Waals surface area contributed by atoms with Crippen LogP contribution in [0.2, 0.25) is 0 Å². The fourth-order valence-electron chi connectivity index (χ4n) is 3.88. The van der Waals surface area contributed by atoms with E-state index in [0.717, 1.165) is 33.0 Å². The lowest BCUT2D eigenvalue weighted by Crippen LogP contribution is -1.89. The van der Waals surface area contributed by atoms with Gasteiger partial charge in [-0.15, -0.1) is 0 Å². The number of hydrogen-bond donors (Lipinski definition) is 0. The zero-order valence-electron chi connectivity index (χ0n) is 17.3. The molecule has 0 fully saturated rings. The van der Waals surface area contributed by atoms with Crippen molar-refractivity contribution in [1.82, 2.24) is 0 Å². The van der Waals surface area contributed by atoms with Crippen molar-refractivity contribution < 1.29 is 13.9 Å². The van der Waals surface area contributed by atoms with Crippen molar-refractivity contribution in [2.24, 2.45) is 0 Å². The third-order valence-corrected chi connectivity index (χ3v) is 5.41. The van der Waals surface area contributed by atoms with E-state index in [9.17, 15) is 0 Å². The lowest BCUT2D eigenvalue weighted by atomic mass is 9.98. The van der Waals surface area contributed by atoms with Crippen molar-refractivity contribution in [3.63, 3.8) is 0 Å². The van der Waals surface area contributed by atoms with Gasteiger partial charge in [-0.1, -0.05) is 66.4 Å². The molecule has 31 heavy (non-hydrogen) atoms. The van der Waals surface area contributed by atoms with Crippen molar-refractivity contribution in [2.45, 2.75) is 0 Å². The van der Waals surface area contributed by atoms with Crippen molar-refractivity contribution in [2.75, 3.05) is 14.2 Å². The van der Waals surface area contributed by atoms with Gasteiger partial charge in [-0.3, -0.25) is 0 Å². The molecule has 0 spiro atoms. The van der Waals surface area contributed by atoms with Crippen LogP contribution in [0.4, 0.5) is 0 Å². The summed E-state index contributed by atoms with van der Waals surface area (Å²) < 4.78 is 16.9. The van der Waals surface area contributed by atoms with E-state index in [1.807, 2.05) is 48.5 Å². The Labute approximate surface area is 180 Å². The predicted molar refractivity (Wildman–Crippen MR) is 125 cm³/mol. The highest BCUT2D eigenvalue weighted by Crippen LogP contribution is 2.40. The Bertz CT molecular complexity index is 1460. The monoisotopic (exact) mass is 404 g/mol. The second-order valence-electron chi connectivity index (χ2n) is 7.17. The first-order valence-electron chi connectivity index (χ1n) is 10.0. The van der Waals surface area contributed by atoms with Crippen molar-refractivity contribution in [3.8, 4) is 34.5 Å². The highest BCUT2D eigenvalue weighted by atomic mass is 16.5. The Morgan fingerprint density at radius 1 is 0.710 bits per heavy atom. The van der Waals surface area contributed by atoms with Gasteiger partial charge < -0.3 is 13.9 Å². The Morgan fingerprint density at radius 2 is 1.45 bits per heavy atom. The van der Waals surface area contributed by atoms with Gasteiger partial charge in [0.1, 0.15) is 17.1 Å². The van der Waals surface area contributed by atoms with Crippen LogP contribution in [0.3, 0.4) is 0 Å². The lowest BCUT2D eigenvalue weighted by Gasteiger charge is -2.08. The molecule has 5 aromatic rings. The number of methoxy groups -OCH3 is 2. The molecule has 4 aromatic carbocycles. The molecule has 0 aliphatic carbocycles. The SMILES string of the molecule is COc1cc(OC)c2c(-c3ccccc3C#Cc3cccc4ccccc34)coc2c1. The zero-order valence-corrected chi connectivity index (χ0v) is 17.3. The molecule has 0 N–H and O–H groups in total. The Balaban J connectivity index is 1.66. The maximum Gasteiger partial charge on any atom is 0.141 e. The molecule has 0 atom stereocenters. The summed E-state index contributed by atoms with van der Waals surface area (Å²) in [4.78, 5) is 0. The van der Waals surface area contributed by atoms with Gasteiger partial charge >= 0.3 is 0 Å². The first-order valence-corrected chi connectivity index (χ1v) is 10.0. The molecule has 150 valence electrons. The highest BCUT2D eigenvalue weighted by Gasteiger charge is 2.16. The van der Waals surface area contributed by atoms with E-state index in [0.29, 0.717) is 17.1 Å². The average molecular weight is 404 g/mol. The van der Waals surface area contributed by atoms with Crippen LogP contribution in [0.5, 0.6) is 11.5 Å². The molecule has 0 bridgehead atoms. The molecular formula is C28H20O3. The van der Waals surface area contributed by atoms with E-state index >= 15 is 0 Å². The largest absolute Gasteiger partial charge is 0.496 e. The van der Waals surface area contributed by atoms with Gasteiger partial charge in [0.05, 0.1) is 25.9 Å². The Hall–Kier alpha value is -4.16. The van der Waals surface area contributed by atoms with Crippen LogP contribution >= 0.6 is 0 Å². The van der Waals surface area contributed by atoms with Crippen LogP contribution in [0.25, 0.3) is 32.9 Å². The molecule has 0 saturated carbocycles. The van der Waals surface area contributed by atoms with Crippen LogP contribution < -0.4 is 9.47 Å². The maximum atomic E-state index is 5.86. The lowest BCUT2D eigenvalue weighted by molar-refractivity contribution is 0.397. The predicted octanol–water partition coefficient (Wildman–Crippen LogP) is 6.67. The van der Waals surface area contributed by atoms with E-state index in [1.165, 1.54) is 5.39 Å². The number of fused-ring (bicyclic) bond motifs is 2. The van der Waals surface area contributed by atoms with E-state index < -0.39 is 0 Å². The molecule has 0 amide bonds. The topological polar surface area (TPSA) is 31.6 Å². The molecule has 3 nitrogen and oxygen atoms in total. The Kier molecular flexibility index (Phi) is 4.82. The number of furan rings is 1. The van der Waals surface area contributed by atoms with Crippen molar-refractivity contribution in [3.05, 3.63) is 96.3 Å². The summed E-state index contributed by atoms with van der Waals surface area (Å²) in [6, 6.07) is 26.3. The first-order chi connectivity index (χ1) is 15.3. The van der Waals surface area contributed by atoms with E-state index in [4.69, 9.17) is 13.9 Å². The molecule has 0 aliphatic rings. The zero-order chi connectivity index (χ0) is 21.2. The summed E-state index contributed by atoms with van der Waals surface area (Å²) in [5.74, 6) is 8.14. The summed E-state index contributed by atoms with van der Waals surface area (Å²) in [6.45, 7) is 0. The molecule has 1 aromatic heterocycles. The highest BCUT2D eigenvalue weighted by molar-refractivity contribution is 6.00. The number of ether oxygens (including phenoxy) is 2. The van der Waals surface area contributed by atoms with Gasteiger partial charge in [-0.2, -0.15) is 0 Å². The van der Waals surface area contributed by atoms with Crippen LogP contribution in [0, 0.1) is 11.8 Å². The number of hydrogen-bond acceptors (Lipinski definition) is 3. The second-order valence-corrected chi connectivity index (χ2v) is 7.17. The first kappa shape index (κ1) is 18.8. The van der Waals surface area contributed by atoms with Gasteiger partial charge in [0.15, 0.2) is 0 Å². The molecule has 0 saturated heterocycles. The molecule has 3 heteroatoms. The summed E-state index contributed by atoms with van der Waals surface area (Å²) in [6.07, 6.45) is 1.76. The van der Waals surface area contributed by atoms with Gasteiger partial charge in [-0.25, -0.2) is 0 Å². The van der Waals surface area contributed by atoms with Gasteiger partial charge in [0, 0.05) is 34.4 Å². The number of benzene rings is 4. The average Bonchev–Trinajstić information content (AvgIpc) is 3.26. The Morgan fingerprint density at radius 3 is 2.32 bits per heavy atom. The van der Waals surface area contributed by atoms with Crippen molar-refractivity contribution in [1.29, 1.82) is 0 Å². The van der Waals surface area contributed by atoms with Crippen LogP contribution in [0.1, 0.15) is 11.1 Å². The molecule has 0 aliphatic heterocycles.